The molecule has 0 bridgehead atoms. The molecule has 1 aromatic heterocycles. The van der Waals surface area contributed by atoms with E-state index >= 15 is 0 Å². The van der Waals surface area contributed by atoms with E-state index in [2.05, 4.69) is 16.8 Å². The van der Waals surface area contributed by atoms with E-state index in [0.29, 0.717) is 29.0 Å². The van der Waals surface area contributed by atoms with Gasteiger partial charge < -0.3 is 4.74 Å². The van der Waals surface area contributed by atoms with E-state index in [1.807, 2.05) is 10.6 Å². The molecule has 8 heteroatoms. The molecular weight excluding hydrogens is 392 g/mol. The largest absolute Gasteiger partial charge is 0.486 e. The summed E-state index contributed by atoms with van der Waals surface area (Å²) >= 11 is 7.20. The minimum atomic E-state index is -0.505. The average Bonchev–Trinajstić information content (AvgIpc) is 3.03. The maximum absolute atomic E-state index is 13.3. The minimum absolute atomic E-state index is 0.00797. The van der Waals surface area contributed by atoms with Gasteiger partial charge >= 0.3 is 0 Å². The molecule has 0 aliphatic heterocycles. The lowest BCUT2D eigenvalue weighted by atomic mass is 10.2. The molecule has 3 aromatic rings. The van der Waals surface area contributed by atoms with Gasteiger partial charge in [-0.2, -0.15) is 0 Å². The van der Waals surface area contributed by atoms with Crippen LogP contribution in [0.25, 0.3) is 0 Å². The van der Waals surface area contributed by atoms with E-state index in [4.69, 9.17) is 16.3 Å². The van der Waals surface area contributed by atoms with Gasteiger partial charge in [0.1, 0.15) is 24.0 Å². The summed E-state index contributed by atoms with van der Waals surface area (Å²) in [7, 11) is 0. The number of thioether (sulfide) groups is 1. The van der Waals surface area contributed by atoms with Crippen molar-refractivity contribution in [2.45, 2.75) is 24.1 Å². The first kappa shape index (κ1) is 19.4. The Morgan fingerprint density at radius 2 is 2.04 bits per heavy atom. The summed E-state index contributed by atoms with van der Waals surface area (Å²) in [4.78, 5) is 0. The highest BCUT2D eigenvalue weighted by molar-refractivity contribution is 7.98. The molecule has 2 aromatic carbocycles. The average molecular weight is 408 g/mol. The van der Waals surface area contributed by atoms with Crippen LogP contribution in [0.4, 0.5) is 8.78 Å². The summed E-state index contributed by atoms with van der Waals surface area (Å²) < 4.78 is 34.0. The van der Waals surface area contributed by atoms with E-state index in [-0.39, 0.29) is 17.4 Å². The summed E-state index contributed by atoms with van der Waals surface area (Å²) in [6.07, 6.45) is 1.73. The lowest BCUT2D eigenvalue weighted by Gasteiger charge is -2.09. The zero-order valence-electron chi connectivity index (χ0n) is 14.2. The first-order valence-electron chi connectivity index (χ1n) is 8.05. The predicted molar refractivity (Wildman–Crippen MR) is 102 cm³/mol. The number of hydrogen-bond acceptors (Lipinski definition) is 4. The molecule has 0 atom stereocenters. The van der Waals surface area contributed by atoms with Gasteiger partial charge in [0.15, 0.2) is 11.0 Å². The predicted octanol–water partition coefficient (Wildman–Crippen LogP) is 5.27. The molecule has 0 radical (unpaired) electrons. The molecule has 0 aliphatic carbocycles. The molecule has 0 aliphatic rings. The summed E-state index contributed by atoms with van der Waals surface area (Å²) in [5, 5.41) is 9.01. The van der Waals surface area contributed by atoms with Crippen LogP contribution in [-0.2, 0) is 18.9 Å². The van der Waals surface area contributed by atoms with Crippen LogP contribution in [0.15, 0.2) is 60.3 Å². The SMILES string of the molecule is C=CCn1c(COc2ccc(F)c(Cl)c2)nnc1SCc1cccc(F)c1. The second kappa shape index (κ2) is 9.01. The van der Waals surface area contributed by atoms with E-state index < -0.39 is 5.82 Å². The summed E-state index contributed by atoms with van der Waals surface area (Å²) in [6.45, 7) is 4.40. The monoisotopic (exact) mass is 407 g/mol. The first-order chi connectivity index (χ1) is 13.1. The fourth-order valence-electron chi connectivity index (χ4n) is 2.33. The zero-order valence-corrected chi connectivity index (χ0v) is 15.8. The van der Waals surface area contributed by atoms with Crippen molar-refractivity contribution in [2.24, 2.45) is 0 Å². The molecule has 0 saturated carbocycles. The Hall–Kier alpha value is -2.38. The molecule has 0 spiro atoms. The highest BCUT2D eigenvalue weighted by Crippen LogP contribution is 2.24. The van der Waals surface area contributed by atoms with Gasteiger partial charge in [-0.15, -0.1) is 16.8 Å². The second-order valence-corrected chi connectivity index (χ2v) is 6.93. The highest BCUT2D eigenvalue weighted by Gasteiger charge is 2.13. The summed E-state index contributed by atoms with van der Waals surface area (Å²) in [5.41, 5.74) is 0.854. The van der Waals surface area contributed by atoms with Gasteiger partial charge in [-0.3, -0.25) is 4.57 Å². The smallest absolute Gasteiger partial charge is 0.191 e. The molecule has 0 fully saturated rings. The second-order valence-electron chi connectivity index (χ2n) is 5.58. The van der Waals surface area contributed by atoms with Crippen molar-refractivity contribution in [3.8, 4) is 5.75 Å². The first-order valence-corrected chi connectivity index (χ1v) is 9.41. The molecule has 4 nitrogen and oxygen atoms in total. The van der Waals surface area contributed by atoms with Crippen LogP contribution in [0.2, 0.25) is 5.02 Å². The number of ether oxygens (including phenoxy) is 1. The third-order valence-corrected chi connectivity index (χ3v) is 4.95. The Balaban J connectivity index is 1.70. The van der Waals surface area contributed by atoms with Crippen molar-refractivity contribution < 1.29 is 13.5 Å². The highest BCUT2D eigenvalue weighted by atomic mass is 35.5. The lowest BCUT2D eigenvalue weighted by molar-refractivity contribution is 0.288. The Morgan fingerprint density at radius 3 is 2.78 bits per heavy atom. The van der Waals surface area contributed by atoms with Crippen LogP contribution in [-0.4, -0.2) is 14.8 Å². The van der Waals surface area contributed by atoms with Gasteiger partial charge in [-0.25, -0.2) is 8.78 Å². The third-order valence-electron chi connectivity index (χ3n) is 3.62. The number of rotatable bonds is 8. The van der Waals surface area contributed by atoms with E-state index in [0.717, 1.165) is 5.56 Å². The van der Waals surface area contributed by atoms with Crippen LogP contribution in [0.3, 0.4) is 0 Å². The van der Waals surface area contributed by atoms with E-state index in [1.165, 1.54) is 42.1 Å². The van der Waals surface area contributed by atoms with Crippen molar-refractivity contribution in [3.05, 3.63) is 83.2 Å². The van der Waals surface area contributed by atoms with Crippen molar-refractivity contribution in [3.63, 3.8) is 0 Å². The van der Waals surface area contributed by atoms with Crippen molar-refractivity contribution in [1.29, 1.82) is 0 Å². The van der Waals surface area contributed by atoms with Gasteiger partial charge in [-0.1, -0.05) is 41.6 Å². The van der Waals surface area contributed by atoms with Crippen LogP contribution in [0.5, 0.6) is 5.75 Å². The van der Waals surface area contributed by atoms with Crippen molar-refractivity contribution in [2.75, 3.05) is 0 Å². The van der Waals surface area contributed by atoms with Crippen LogP contribution >= 0.6 is 23.4 Å². The van der Waals surface area contributed by atoms with Crippen LogP contribution in [0.1, 0.15) is 11.4 Å². The molecule has 140 valence electrons. The van der Waals surface area contributed by atoms with Gasteiger partial charge in [-0.05, 0) is 29.8 Å². The number of benzene rings is 2. The van der Waals surface area contributed by atoms with E-state index in [1.54, 1.807) is 12.1 Å². The fraction of sp³-hybridized carbons (Fsp3) is 0.158. The summed E-state index contributed by atoms with van der Waals surface area (Å²) in [5.74, 6) is 0.810. The molecule has 0 saturated heterocycles. The lowest BCUT2D eigenvalue weighted by Crippen LogP contribution is -2.07. The molecule has 0 unspecified atom stereocenters. The Morgan fingerprint density at radius 1 is 1.19 bits per heavy atom. The van der Waals surface area contributed by atoms with Gasteiger partial charge in [0.05, 0.1) is 5.02 Å². The quantitative estimate of drug-likeness (QED) is 0.377. The maximum Gasteiger partial charge on any atom is 0.191 e. The molecule has 0 N–H and O–H groups in total. The minimum Gasteiger partial charge on any atom is -0.486 e. The molecule has 1 heterocycles. The number of hydrogen-bond donors (Lipinski definition) is 0. The van der Waals surface area contributed by atoms with Crippen LogP contribution < -0.4 is 4.74 Å². The van der Waals surface area contributed by atoms with Crippen molar-refractivity contribution in [1.82, 2.24) is 14.8 Å². The van der Waals surface area contributed by atoms with E-state index in [9.17, 15) is 8.78 Å². The normalized spacial score (nSPS) is 10.8. The molecule has 27 heavy (non-hydrogen) atoms. The number of nitrogens with zero attached hydrogens (tertiary/aromatic N) is 3. The van der Waals surface area contributed by atoms with Crippen molar-refractivity contribution >= 4 is 23.4 Å². The maximum atomic E-state index is 13.3. The van der Waals surface area contributed by atoms with Crippen LogP contribution in [0, 0.1) is 11.6 Å². The standard InChI is InChI=1S/C19H16ClF2N3OS/c1-2-8-25-18(11-26-15-6-7-17(22)16(20)10-15)23-24-19(25)27-12-13-4-3-5-14(21)9-13/h2-7,9-10H,1,8,11-12H2. The Labute approximate surface area is 164 Å². The third kappa shape index (κ3) is 5.08. The Kier molecular flexibility index (Phi) is 6.47. The van der Waals surface area contributed by atoms with Gasteiger partial charge in [0, 0.05) is 18.4 Å². The molecule has 0 amide bonds. The number of aromatic nitrogens is 3. The van der Waals surface area contributed by atoms with Gasteiger partial charge in [0.2, 0.25) is 0 Å². The molecule has 3 rings (SSSR count). The topological polar surface area (TPSA) is 39.9 Å². The number of halogens is 3. The fourth-order valence-corrected chi connectivity index (χ4v) is 3.41. The molecular formula is C19H16ClF2N3OS. The van der Waals surface area contributed by atoms with Gasteiger partial charge in [0.25, 0.3) is 0 Å². The number of allylic oxidation sites excluding steroid dienone is 1. The zero-order chi connectivity index (χ0) is 19.2. The Bertz CT molecular complexity index is 948. The summed E-state index contributed by atoms with van der Waals surface area (Å²) in [6, 6.07) is 10.6.